The Morgan fingerprint density at radius 3 is 2.36 bits per heavy atom. The summed E-state index contributed by atoms with van der Waals surface area (Å²) in [6.45, 7) is 1.50. The molecule has 0 aliphatic carbocycles. The van der Waals surface area contributed by atoms with Gasteiger partial charge in [-0.15, -0.1) is 0 Å². The highest BCUT2D eigenvalue weighted by Crippen LogP contribution is 2.33. The molecule has 0 aromatic heterocycles. The van der Waals surface area contributed by atoms with E-state index in [9.17, 15) is 17.6 Å². The molecule has 2 aromatic carbocycles. The molecule has 1 unspecified atom stereocenters. The van der Waals surface area contributed by atoms with Crippen molar-refractivity contribution in [2.45, 2.75) is 12.8 Å². The van der Waals surface area contributed by atoms with Gasteiger partial charge >= 0.3 is 0 Å². The van der Waals surface area contributed by atoms with Gasteiger partial charge in [0.15, 0.2) is 0 Å². The molecule has 0 aliphatic rings. The highest BCUT2D eigenvalue weighted by atomic mass is 35.5. The number of carbonyl (C=O) groups is 1. The fourth-order valence-electron chi connectivity index (χ4n) is 2.28. The summed E-state index contributed by atoms with van der Waals surface area (Å²) >= 11 is 6.16. The second kappa shape index (κ2) is 7.41. The van der Waals surface area contributed by atoms with Crippen LogP contribution < -0.4 is 9.46 Å². The van der Waals surface area contributed by atoms with Crippen LogP contribution in [0, 0.1) is 5.82 Å². The second-order valence-electron chi connectivity index (χ2n) is 5.55. The third-order valence-electron chi connectivity index (χ3n) is 3.64. The van der Waals surface area contributed by atoms with E-state index in [-0.39, 0.29) is 5.56 Å². The number of benzene rings is 2. The minimum atomic E-state index is -3.67. The average Bonchev–Trinajstić information content (AvgIpc) is 2.52. The van der Waals surface area contributed by atoms with Crippen molar-refractivity contribution in [3.05, 3.63) is 52.8 Å². The van der Waals surface area contributed by atoms with Crippen molar-refractivity contribution in [2.75, 3.05) is 13.4 Å². The molecular formula is C17H17ClFNO4S. The molecule has 0 radical (unpaired) electrons. The monoisotopic (exact) mass is 385 g/mol. The first kappa shape index (κ1) is 19.2. The second-order valence-corrected chi connectivity index (χ2v) is 7.70. The van der Waals surface area contributed by atoms with E-state index in [4.69, 9.17) is 16.3 Å². The lowest BCUT2D eigenvalue weighted by atomic mass is 9.96. The van der Waals surface area contributed by atoms with E-state index in [1.54, 1.807) is 24.3 Å². The van der Waals surface area contributed by atoms with E-state index in [1.807, 2.05) is 4.72 Å². The van der Waals surface area contributed by atoms with Gasteiger partial charge in [-0.05, 0) is 36.8 Å². The van der Waals surface area contributed by atoms with Crippen molar-refractivity contribution < 1.29 is 22.3 Å². The topological polar surface area (TPSA) is 72.5 Å². The van der Waals surface area contributed by atoms with Gasteiger partial charge in [-0.25, -0.2) is 12.8 Å². The summed E-state index contributed by atoms with van der Waals surface area (Å²) in [7, 11) is -2.17. The van der Waals surface area contributed by atoms with Crippen LogP contribution in [-0.4, -0.2) is 27.7 Å². The maximum absolute atomic E-state index is 14.5. The van der Waals surface area contributed by atoms with Crippen molar-refractivity contribution in [2.24, 2.45) is 0 Å². The van der Waals surface area contributed by atoms with Crippen LogP contribution in [0.15, 0.2) is 36.4 Å². The van der Waals surface area contributed by atoms with Gasteiger partial charge in [0.05, 0.1) is 24.3 Å². The quantitative estimate of drug-likeness (QED) is 0.856. The minimum absolute atomic E-state index is 0.270. The average molecular weight is 386 g/mol. The maximum Gasteiger partial charge on any atom is 0.240 e. The maximum atomic E-state index is 14.5. The Kier molecular flexibility index (Phi) is 5.69. The zero-order valence-electron chi connectivity index (χ0n) is 13.8. The molecule has 0 heterocycles. The molecule has 1 atom stereocenters. The van der Waals surface area contributed by atoms with Gasteiger partial charge in [0.2, 0.25) is 15.9 Å². The number of methoxy groups -OCH3 is 1. The highest BCUT2D eigenvalue weighted by Gasteiger charge is 2.20. The molecule has 2 rings (SSSR count). The normalized spacial score (nSPS) is 12.5. The van der Waals surface area contributed by atoms with Crippen LogP contribution in [0.2, 0.25) is 5.02 Å². The van der Waals surface area contributed by atoms with Crippen LogP contribution in [0.3, 0.4) is 0 Å². The van der Waals surface area contributed by atoms with Crippen LogP contribution in [0.1, 0.15) is 18.4 Å². The Morgan fingerprint density at radius 2 is 1.84 bits per heavy atom. The van der Waals surface area contributed by atoms with E-state index in [0.717, 1.165) is 6.26 Å². The van der Waals surface area contributed by atoms with Crippen LogP contribution in [-0.2, 0) is 14.8 Å². The summed E-state index contributed by atoms with van der Waals surface area (Å²) in [6.07, 6.45) is 0.882. The Bertz CT molecular complexity index is 915. The van der Waals surface area contributed by atoms with Crippen molar-refractivity contribution in [3.63, 3.8) is 0 Å². The number of amides is 1. The van der Waals surface area contributed by atoms with Crippen molar-refractivity contribution >= 4 is 27.5 Å². The van der Waals surface area contributed by atoms with Crippen LogP contribution in [0.5, 0.6) is 5.75 Å². The van der Waals surface area contributed by atoms with E-state index in [1.165, 1.54) is 26.2 Å². The number of carbonyl (C=O) groups excluding carboxylic acids is 1. The lowest BCUT2D eigenvalue weighted by molar-refractivity contribution is -0.120. The summed E-state index contributed by atoms with van der Waals surface area (Å²) < 4.78 is 43.7. The number of rotatable bonds is 5. The van der Waals surface area contributed by atoms with Crippen LogP contribution in [0.4, 0.5) is 4.39 Å². The van der Waals surface area contributed by atoms with Crippen molar-refractivity contribution in [3.8, 4) is 16.9 Å². The number of halogens is 2. The Hall–Kier alpha value is -2.12. The molecule has 0 saturated carbocycles. The molecule has 0 fully saturated rings. The van der Waals surface area contributed by atoms with Gasteiger partial charge < -0.3 is 4.74 Å². The number of ether oxygens (including phenoxy) is 1. The zero-order chi connectivity index (χ0) is 18.8. The van der Waals surface area contributed by atoms with E-state index in [0.29, 0.717) is 21.9 Å². The van der Waals surface area contributed by atoms with Gasteiger partial charge in [-0.1, -0.05) is 23.7 Å². The predicted molar refractivity (Wildman–Crippen MR) is 94.8 cm³/mol. The molecule has 134 valence electrons. The first-order chi connectivity index (χ1) is 11.6. The summed E-state index contributed by atoms with van der Waals surface area (Å²) in [5, 5.41) is 0.328. The molecular weight excluding hydrogens is 369 g/mol. The first-order valence-corrected chi connectivity index (χ1v) is 9.54. The Morgan fingerprint density at radius 1 is 1.20 bits per heavy atom. The van der Waals surface area contributed by atoms with Gasteiger partial charge in [-0.2, -0.15) is 0 Å². The SMILES string of the molecule is COc1ccc(-c2ccc(C(C)C(=O)NS(C)(=O)=O)cc2F)c(Cl)c1. The lowest BCUT2D eigenvalue weighted by Crippen LogP contribution is -2.32. The molecule has 0 aliphatic heterocycles. The summed E-state index contributed by atoms with van der Waals surface area (Å²) in [5.74, 6) is -1.57. The standard InChI is InChI=1S/C17H17ClFNO4S/c1-10(17(21)20-25(3,22)23)11-4-6-14(16(19)8-11)13-7-5-12(24-2)9-15(13)18/h4-10H,1-3H3,(H,20,21). The predicted octanol–water partition coefficient (Wildman–Crippen LogP) is 3.33. The fourth-order valence-corrected chi connectivity index (χ4v) is 3.10. The molecule has 8 heteroatoms. The Labute approximate surface area is 150 Å². The van der Waals surface area contributed by atoms with E-state index < -0.39 is 27.7 Å². The van der Waals surface area contributed by atoms with Gasteiger partial charge in [-0.3, -0.25) is 9.52 Å². The summed E-state index contributed by atoms with van der Waals surface area (Å²) in [4.78, 5) is 11.9. The molecule has 1 amide bonds. The molecule has 25 heavy (non-hydrogen) atoms. The minimum Gasteiger partial charge on any atom is -0.497 e. The summed E-state index contributed by atoms with van der Waals surface area (Å²) in [6, 6.07) is 9.14. The zero-order valence-corrected chi connectivity index (χ0v) is 15.4. The lowest BCUT2D eigenvalue weighted by Gasteiger charge is -2.14. The number of hydrogen-bond acceptors (Lipinski definition) is 4. The van der Waals surface area contributed by atoms with Crippen LogP contribution in [0.25, 0.3) is 11.1 Å². The van der Waals surface area contributed by atoms with Gasteiger partial charge in [0.25, 0.3) is 0 Å². The number of sulfonamides is 1. The van der Waals surface area contributed by atoms with Gasteiger partial charge in [0.1, 0.15) is 11.6 Å². The third kappa shape index (κ3) is 4.70. The first-order valence-electron chi connectivity index (χ1n) is 7.27. The molecule has 0 saturated heterocycles. The van der Waals surface area contributed by atoms with Crippen molar-refractivity contribution in [1.82, 2.24) is 4.72 Å². The molecule has 0 bridgehead atoms. The smallest absolute Gasteiger partial charge is 0.240 e. The fraction of sp³-hybridized carbons (Fsp3) is 0.235. The number of hydrogen-bond donors (Lipinski definition) is 1. The van der Waals surface area contributed by atoms with E-state index in [2.05, 4.69) is 0 Å². The Balaban J connectivity index is 2.33. The third-order valence-corrected chi connectivity index (χ3v) is 4.52. The van der Waals surface area contributed by atoms with Crippen molar-refractivity contribution in [1.29, 1.82) is 0 Å². The van der Waals surface area contributed by atoms with E-state index >= 15 is 0 Å². The largest absolute Gasteiger partial charge is 0.497 e. The molecule has 2 aromatic rings. The van der Waals surface area contributed by atoms with Crippen LogP contribution >= 0.6 is 11.6 Å². The molecule has 0 spiro atoms. The number of nitrogens with one attached hydrogen (secondary N) is 1. The summed E-state index contributed by atoms with van der Waals surface area (Å²) in [5.41, 5.74) is 1.11. The van der Waals surface area contributed by atoms with Gasteiger partial charge in [0, 0.05) is 11.1 Å². The molecule has 5 nitrogen and oxygen atoms in total. The highest BCUT2D eigenvalue weighted by molar-refractivity contribution is 7.89. The molecule has 1 N–H and O–H groups in total.